The van der Waals surface area contributed by atoms with Crippen LogP contribution in [0, 0.1) is 0 Å². The molecule has 0 aliphatic rings. The van der Waals surface area contributed by atoms with Gasteiger partial charge in [-0.05, 0) is 5.46 Å². The summed E-state index contributed by atoms with van der Waals surface area (Å²) in [4.78, 5) is 4.17. The summed E-state index contributed by atoms with van der Waals surface area (Å²) < 4.78 is 1.83. The molecule has 0 bridgehead atoms. The van der Waals surface area contributed by atoms with Gasteiger partial charge in [0.2, 0.25) is 0 Å². The van der Waals surface area contributed by atoms with E-state index in [1.807, 2.05) is 29.9 Å². The molecule has 0 atom stereocenters. The van der Waals surface area contributed by atoms with Crippen molar-refractivity contribution in [2.45, 2.75) is 0 Å². The molecule has 0 saturated carbocycles. The van der Waals surface area contributed by atoms with Gasteiger partial charge in [-0.1, -0.05) is 24.3 Å². The normalized spacial score (nSPS) is 10.3. The second-order valence-corrected chi connectivity index (χ2v) is 3.32. The van der Waals surface area contributed by atoms with Gasteiger partial charge in [0.25, 0.3) is 0 Å². The maximum absolute atomic E-state index is 9.21. The summed E-state index contributed by atoms with van der Waals surface area (Å²) in [5.41, 5.74) is 1.20. The maximum atomic E-state index is 9.21. The number of rotatable bonds is 2. The minimum Gasteiger partial charge on any atom is -0.423 e. The van der Waals surface area contributed by atoms with Crippen LogP contribution in [0.15, 0.2) is 36.7 Å². The van der Waals surface area contributed by atoms with Gasteiger partial charge in [-0.3, -0.25) is 0 Å². The molecular weight excluding hydrogens is 191 g/mol. The fourth-order valence-electron chi connectivity index (χ4n) is 1.55. The van der Waals surface area contributed by atoms with Crippen molar-refractivity contribution in [1.82, 2.24) is 9.55 Å². The van der Waals surface area contributed by atoms with E-state index < -0.39 is 7.12 Å². The Morgan fingerprint density at radius 2 is 2.00 bits per heavy atom. The monoisotopic (exact) mass is 202 g/mol. The molecule has 5 heteroatoms. The highest BCUT2D eigenvalue weighted by Crippen LogP contribution is 2.13. The first-order valence-electron chi connectivity index (χ1n) is 4.63. The summed E-state index contributed by atoms with van der Waals surface area (Å²) in [7, 11) is 0.390. The van der Waals surface area contributed by atoms with Crippen molar-refractivity contribution in [3.63, 3.8) is 0 Å². The molecule has 0 fully saturated rings. The van der Waals surface area contributed by atoms with Gasteiger partial charge in [0.1, 0.15) is 5.82 Å². The molecule has 0 aliphatic heterocycles. The zero-order valence-electron chi connectivity index (χ0n) is 8.33. The Morgan fingerprint density at radius 1 is 1.27 bits per heavy atom. The van der Waals surface area contributed by atoms with Crippen molar-refractivity contribution in [1.29, 1.82) is 0 Å². The predicted octanol–water partition coefficient (Wildman–Crippen LogP) is -0.233. The first-order valence-corrected chi connectivity index (χ1v) is 4.63. The fourth-order valence-corrected chi connectivity index (χ4v) is 1.55. The Bertz CT molecular complexity index is 468. The summed E-state index contributed by atoms with van der Waals surface area (Å²) >= 11 is 0. The Hall–Kier alpha value is -1.59. The SMILES string of the molecule is Cn1ccnc1-c1ccccc1B(O)O. The Kier molecular flexibility index (Phi) is 2.57. The molecule has 1 aromatic heterocycles. The molecule has 2 rings (SSSR count). The van der Waals surface area contributed by atoms with Gasteiger partial charge in [0.05, 0.1) is 0 Å². The van der Waals surface area contributed by atoms with Crippen LogP contribution >= 0.6 is 0 Å². The van der Waals surface area contributed by atoms with Gasteiger partial charge < -0.3 is 14.6 Å². The van der Waals surface area contributed by atoms with Crippen molar-refractivity contribution in [3.8, 4) is 11.4 Å². The maximum Gasteiger partial charge on any atom is 0.489 e. The summed E-state index contributed by atoms with van der Waals surface area (Å²) in [6.07, 6.45) is 3.49. The van der Waals surface area contributed by atoms with Gasteiger partial charge >= 0.3 is 7.12 Å². The van der Waals surface area contributed by atoms with E-state index in [0.717, 1.165) is 11.4 Å². The van der Waals surface area contributed by atoms with Crippen molar-refractivity contribution < 1.29 is 10.0 Å². The van der Waals surface area contributed by atoms with E-state index in [4.69, 9.17) is 0 Å². The van der Waals surface area contributed by atoms with E-state index in [0.29, 0.717) is 5.46 Å². The Balaban J connectivity index is 2.58. The van der Waals surface area contributed by atoms with Crippen molar-refractivity contribution >= 4 is 12.6 Å². The number of aromatic nitrogens is 2. The van der Waals surface area contributed by atoms with Crippen LogP contribution in [-0.2, 0) is 7.05 Å². The molecular formula is C10H11BN2O2. The summed E-state index contributed by atoms with van der Waals surface area (Å²) in [5, 5.41) is 18.4. The summed E-state index contributed by atoms with van der Waals surface area (Å²) in [5.74, 6) is 0.721. The third-order valence-corrected chi connectivity index (χ3v) is 2.30. The van der Waals surface area contributed by atoms with Crippen molar-refractivity contribution in [2.24, 2.45) is 7.05 Å². The first-order chi connectivity index (χ1) is 7.20. The standard InChI is InChI=1S/C10H11BN2O2/c1-13-7-6-12-10(13)8-4-2-3-5-9(8)11(14)15/h2-7,14-15H,1H3. The highest BCUT2D eigenvalue weighted by Gasteiger charge is 2.17. The fraction of sp³-hybridized carbons (Fsp3) is 0.100. The number of hydrogen-bond acceptors (Lipinski definition) is 3. The molecule has 0 unspecified atom stereocenters. The van der Waals surface area contributed by atoms with E-state index in [9.17, 15) is 10.0 Å². The average molecular weight is 202 g/mol. The predicted molar refractivity (Wildman–Crippen MR) is 58.5 cm³/mol. The smallest absolute Gasteiger partial charge is 0.423 e. The lowest BCUT2D eigenvalue weighted by molar-refractivity contribution is 0.426. The van der Waals surface area contributed by atoms with Crippen LogP contribution in [0.2, 0.25) is 0 Å². The topological polar surface area (TPSA) is 58.3 Å². The van der Waals surface area contributed by atoms with E-state index in [1.165, 1.54) is 0 Å². The molecule has 0 amide bonds. The van der Waals surface area contributed by atoms with Crippen LogP contribution in [0.3, 0.4) is 0 Å². The molecule has 76 valence electrons. The molecule has 1 aromatic carbocycles. The van der Waals surface area contributed by atoms with E-state index >= 15 is 0 Å². The lowest BCUT2D eigenvalue weighted by atomic mass is 9.77. The van der Waals surface area contributed by atoms with Gasteiger partial charge in [-0.2, -0.15) is 0 Å². The van der Waals surface area contributed by atoms with Gasteiger partial charge in [-0.25, -0.2) is 4.98 Å². The highest BCUT2D eigenvalue weighted by molar-refractivity contribution is 6.60. The third-order valence-electron chi connectivity index (χ3n) is 2.30. The van der Waals surface area contributed by atoms with Crippen LogP contribution < -0.4 is 5.46 Å². The number of imidazole rings is 1. The number of hydrogen-bond donors (Lipinski definition) is 2. The second kappa shape index (κ2) is 3.88. The minimum absolute atomic E-state index is 0.465. The van der Waals surface area contributed by atoms with Gasteiger partial charge in [0.15, 0.2) is 0 Å². The zero-order chi connectivity index (χ0) is 10.8. The van der Waals surface area contributed by atoms with Gasteiger partial charge in [0, 0.05) is 25.0 Å². The lowest BCUT2D eigenvalue weighted by Crippen LogP contribution is -2.31. The van der Waals surface area contributed by atoms with Crippen molar-refractivity contribution in [3.05, 3.63) is 36.7 Å². The molecule has 0 radical (unpaired) electrons. The van der Waals surface area contributed by atoms with Crippen LogP contribution in [0.25, 0.3) is 11.4 Å². The highest BCUT2D eigenvalue weighted by atomic mass is 16.4. The minimum atomic E-state index is -1.47. The van der Waals surface area contributed by atoms with E-state index in [1.54, 1.807) is 18.3 Å². The van der Waals surface area contributed by atoms with Crippen molar-refractivity contribution in [2.75, 3.05) is 0 Å². The molecule has 2 N–H and O–H groups in total. The molecule has 0 aliphatic carbocycles. The van der Waals surface area contributed by atoms with Crippen LogP contribution in [0.1, 0.15) is 0 Å². The summed E-state index contributed by atoms with van der Waals surface area (Å²) in [6.45, 7) is 0. The molecule has 4 nitrogen and oxygen atoms in total. The first kappa shape index (κ1) is 9.95. The molecule has 15 heavy (non-hydrogen) atoms. The lowest BCUT2D eigenvalue weighted by Gasteiger charge is -2.07. The Morgan fingerprint density at radius 3 is 2.60 bits per heavy atom. The van der Waals surface area contributed by atoms with Crippen LogP contribution in [-0.4, -0.2) is 26.7 Å². The molecule has 0 spiro atoms. The van der Waals surface area contributed by atoms with Crippen LogP contribution in [0.4, 0.5) is 0 Å². The molecule has 0 saturated heterocycles. The summed E-state index contributed by atoms with van der Waals surface area (Å²) in [6, 6.07) is 7.10. The number of nitrogens with zero attached hydrogens (tertiary/aromatic N) is 2. The van der Waals surface area contributed by atoms with Gasteiger partial charge in [-0.15, -0.1) is 0 Å². The third kappa shape index (κ3) is 1.79. The van der Waals surface area contributed by atoms with E-state index in [2.05, 4.69) is 4.98 Å². The molecule has 1 heterocycles. The largest absolute Gasteiger partial charge is 0.489 e. The molecule has 2 aromatic rings. The second-order valence-electron chi connectivity index (χ2n) is 3.32. The average Bonchev–Trinajstić information content (AvgIpc) is 2.64. The number of benzene rings is 1. The van der Waals surface area contributed by atoms with Crippen LogP contribution in [0.5, 0.6) is 0 Å². The zero-order valence-corrected chi connectivity index (χ0v) is 8.33. The number of aryl methyl sites for hydroxylation is 1. The Labute approximate surface area is 88.0 Å². The quantitative estimate of drug-likeness (QED) is 0.661. The van der Waals surface area contributed by atoms with E-state index in [-0.39, 0.29) is 0 Å².